The number of carbonyl (C=O) groups excluding carboxylic acids is 2. The van der Waals surface area contributed by atoms with Gasteiger partial charge in [-0.25, -0.2) is 4.79 Å². The SMILES string of the molecule is C[C@H](OC(=O)c1n[nH]c2ccccc12)C(=O)c1ccc(OC(F)F)cc1. The van der Waals surface area contributed by atoms with Crippen LogP contribution in [0.2, 0.25) is 0 Å². The van der Waals surface area contributed by atoms with Crippen molar-refractivity contribution in [3.05, 3.63) is 59.8 Å². The number of fused-ring (bicyclic) bond motifs is 1. The van der Waals surface area contributed by atoms with Crippen LogP contribution in [0.25, 0.3) is 10.9 Å². The van der Waals surface area contributed by atoms with Crippen LogP contribution in [0.15, 0.2) is 48.5 Å². The molecule has 8 heteroatoms. The quantitative estimate of drug-likeness (QED) is 0.537. The number of aromatic amines is 1. The maximum atomic E-state index is 12.4. The number of aromatic nitrogens is 2. The largest absolute Gasteiger partial charge is 0.449 e. The maximum absolute atomic E-state index is 12.4. The van der Waals surface area contributed by atoms with E-state index < -0.39 is 24.5 Å². The summed E-state index contributed by atoms with van der Waals surface area (Å²) >= 11 is 0. The third-order valence-electron chi connectivity index (χ3n) is 3.68. The smallest absolute Gasteiger partial charge is 0.387 e. The monoisotopic (exact) mass is 360 g/mol. The van der Waals surface area contributed by atoms with Crippen molar-refractivity contribution in [3.63, 3.8) is 0 Å². The molecular formula is C18H14F2N2O4. The molecule has 0 fully saturated rings. The van der Waals surface area contributed by atoms with E-state index in [9.17, 15) is 18.4 Å². The summed E-state index contributed by atoms with van der Waals surface area (Å²) in [6, 6.07) is 12.2. The van der Waals surface area contributed by atoms with E-state index in [2.05, 4.69) is 14.9 Å². The molecule has 1 atom stereocenters. The summed E-state index contributed by atoms with van der Waals surface area (Å²) in [5.41, 5.74) is 0.966. The minimum Gasteiger partial charge on any atom is -0.449 e. The summed E-state index contributed by atoms with van der Waals surface area (Å²) in [5.74, 6) is -1.27. The lowest BCUT2D eigenvalue weighted by Crippen LogP contribution is -2.24. The molecule has 26 heavy (non-hydrogen) atoms. The molecule has 6 nitrogen and oxygen atoms in total. The molecule has 1 N–H and O–H groups in total. The number of rotatable bonds is 6. The molecule has 2 aromatic carbocycles. The molecule has 0 amide bonds. The second-order valence-electron chi connectivity index (χ2n) is 5.43. The van der Waals surface area contributed by atoms with Gasteiger partial charge in [0.25, 0.3) is 0 Å². The Hall–Kier alpha value is -3.29. The Balaban J connectivity index is 1.69. The highest BCUT2D eigenvalue weighted by Crippen LogP contribution is 2.19. The van der Waals surface area contributed by atoms with Gasteiger partial charge in [-0.2, -0.15) is 13.9 Å². The Morgan fingerprint density at radius 2 is 1.77 bits per heavy atom. The lowest BCUT2D eigenvalue weighted by molar-refractivity contribution is -0.0498. The fraction of sp³-hybridized carbons (Fsp3) is 0.167. The standard InChI is InChI=1S/C18H14F2N2O4/c1-10(16(23)11-6-8-12(9-7-11)26-18(19)20)25-17(24)15-13-4-2-3-5-14(13)21-22-15/h2-10,18H,1H3,(H,21,22)/t10-/m0/s1. The third kappa shape index (κ3) is 3.69. The number of halogens is 2. The van der Waals surface area contributed by atoms with E-state index in [1.165, 1.54) is 31.2 Å². The van der Waals surface area contributed by atoms with Gasteiger partial charge in [0.1, 0.15) is 5.75 Å². The summed E-state index contributed by atoms with van der Waals surface area (Å²) in [7, 11) is 0. The van der Waals surface area contributed by atoms with E-state index in [0.29, 0.717) is 10.9 Å². The van der Waals surface area contributed by atoms with Gasteiger partial charge in [-0.3, -0.25) is 9.89 Å². The predicted octanol–water partition coefficient (Wildman–Crippen LogP) is 3.59. The average Bonchev–Trinajstić information content (AvgIpc) is 3.05. The van der Waals surface area contributed by atoms with Crippen molar-refractivity contribution >= 4 is 22.7 Å². The van der Waals surface area contributed by atoms with E-state index in [-0.39, 0.29) is 17.0 Å². The Morgan fingerprint density at radius 3 is 2.46 bits per heavy atom. The fourth-order valence-corrected chi connectivity index (χ4v) is 2.42. The van der Waals surface area contributed by atoms with Crippen molar-refractivity contribution in [3.8, 4) is 5.75 Å². The zero-order valence-electron chi connectivity index (χ0n) is 13.6. The molecule has 0 bridgehead atoms. The van der Waals surface area contributed by atoms with Crippen molar-refractivity contribution in [1.82, 2.24) is 10.2 Å². The first-order valence-corrected chi connectivity index (χ1v) is 7.69. The Morgan fingerprint density at radius 1 is 1.08 bits per heavy atom. The number of H-pyrrole nitrogens is 1. The van der Waals surface area contributed by atoms with Gasteiger partial charge in [0.15, 0.2) is 11.8 Å². The number of alkyl halides is 2. The first-order chi connectivity index (χ1) is 12.5. The van der Waals surface area contributed by atoms with Gasteiger partial charge >= 0.3 is 12.6 Å². The summed E-state index contributed by atoms with van der Waals surface area (Å²) in [5, 5.41) is 7.22. The molecule has 0 unspecified atom stereocenters. The Kier molecular flexibility index (Phi) is 4.92. The molecule has 0 saturated carbocycles. The van der Waals surface area contributed by atoms with Crippen molar-refractivity contribution in [1.29, 1.82) is 0 Å². The van der Waals surface area contributed by atoms with Gasteiger partial charge in [-0.15, -0.1) is 0 Å². The highest BCUT2D eigenvalue weighted by atomic mass is 19.3. The van der Waals surface area contributed by atoms with Crippen molar-refractivity contribution in [2.45, 2.75) is 19.6 Å². The van der Waals surface area contributed by atoms with E-state index in [1.807, 2.05) is 0 Å². The number of nitrogens with one attached hydrogen (secondary N) is 1. The maximum Gasteiger partial charge on any atom is 0.387 e. The third-order valence-corrected chi connectivity index (χ3v) is 3.68. The summed E-state index contributed by atoms with van der Waals surface area (Å²) in [6.07, 6.45) is -1.07. The van der Waals surface area contributed by atoms with Crippen LogP contribution in [0.5, 0.6) is 5.75 Å². The van der Waals surface area contributed by atoms with E-state index in [1.54, 1.807) is 24.3 Å². The second kappa shape index (κ2) is 7.30. The number of hydrogen-bond donors (Lipinski definition) is 1. The number of esters is 1. The number of Topliss-reactive ketones (excluding diaryl/α,β-unsaturated/α-hetero) is 1. The molecule has 134 valence electrons. The lowest BCUT2D eigenvalue weighted by atomic mass is 10.1. The van der Waals surface area contributed by atoms with Crippen molar-refractivity contribution in [2.75, 3.05) is 0 Å². The lowest BCUT2D eigenvalue weighted by Gasteiger charge is -2.12. The second-order valence-corrected chi connectivity index (χ2v) is 5.43. The van der Waals surface area contributed by atoms with Gasteiger partial charge in [0.2, 0.25) is 5.78 Å². The summed E-state index contributed by atoms with van der Waals surface area (Å²) in [4.78, 5) is 24.6. The molecule has 0 saturated heterocycles. The van der Waals surface area contributed by atoms with Crippen molar-refractivity contribution < 1.29 is 27.8 Å². The van der Waals surface area contributed by atoms with Crippen LogP contribution in [0.4, 0.5) is 8.78 Å². The van der Waals surface area contributed by atoms with Crippen LogP contribution >= 0.6 is 0 Å². The van der Waals surface area contributed by atoms with Gasteiger partial charge in [0, 0.05) is 10.9 Å². The Labute approximate surface area is 146 Å². The molecule has 0 radical (unpaired) electrons. The number of para-hydroxylation sites is 1. The summed E-state index contributed by atoms with van der Waals surface area (Å²) in [6.45, 7) is -1.52. The Bertz CT molecular complexity index is 938. The molecule has 3 rings (SSSR count). The van der Waals surface area contributed by atoms with Crippen molar-refractivity contribution in [2.24, 2.45) is 0 Å². The predicted molar refractivity (Wildman–Crippen MR) is 88.4 cm³/mol. The zero-order chi connectivity index (χ0) is 18.7. The fourth-order valence-electron chi connectivity index (χ4n) is 2.42. The molecular weight excluding hydrogens is 346 g/mol. The number of hydrogen-bond acceptors (Lipinski definition) is 5. The highest BCUT2D eigenvalue weighted by Gasteiger charge is 2.23. The molecule has 1 heterocycles. The van der Waals surface area contributed by atoms with E-state index >= 15 is 0 Å². The number of ether oxygens (including phenoxy) is 2. The minimum atomic E-state index is -2.94. The molecule has 0 aliphatic heterocycles. The van der Waals surface area contributed by atoms with E-state index in [0.717, 1.165) is 0 Å². The molecule has 1 aromatic heterocycles. The van der Waals surface area contributed by atoms with Gasteiger partial charge in [-0.05, 0) is 37.3 Å². The first-order valence-electron chi connectivity index (χ1n) is 7.69. The normalized spacial score (nSPS) is 12.2. The van der Waals surface area contributed by atoms with E-state index in [4.69, 9.17) is 4.74 Å². The van der Waals surface area contributed by atoms with Crippen LogP contribution in [-0.4, -0.2) is 34.7 Å². The number of benzene rings is 2. The van der Waals surface area contributed by atoms with Gasteiger partial charge in [-0.1, -0.05) is 18.2 Å². The van der Waals surface area contributed by atoms with Gasteiger partial charge < -0.3 is 9.47 Å². The molecule has 0 aliphatic carbocycles. The minimum absolute atomic E-state index is 0.0656. The molecule has 0 aliphatic rings. The van der Waals surface area contributed by atoms with Crippen LogP contribution in [0, 0.1) is 0 Å². The topological polar surface area (TPSA) is 81.3 Å². The zero-order valence-corrected chi connectivity index (χ0v) is 13.6. The van der Waals surface area contributed by atoms with Crippen LogP contribution in [0.3, 0.4) is 0 Å². The molecule has 3 aromatic rings. The van der Waals surface area contributed by atoms with Gasteiger partial charge in [0.05, 0.1) is 5.52 Å². The molecule has 0 spiro atoms. The number of carbonyl (C=O) groups is 2. The number of ketones is 1. The van der Waals surface area contributed by atoms with Crippen LogP contribution < -0.4 is 4.74 Å². The van der Waals surface area contributed by atoms with Crippen LogP contribution in [-0.2, 0) is 4.74 Å². The number of nitrogens with zero attached hydrogens (tertiary/aromatic N) is 1. The average molecular weight is 360 g/mol. The highest BCUT2D eigenvalue weighted by molar-refractivity contribution is 6.04. The first kappa shape index (κ1) is 17.5. The van der Waals surface area contributed by atoms with Crippen LogP contribution in [0.1, 0.15) is 27.8 Å². The summed E-state index contributed by atoms with van der Waals surface area (Å²) < 4.78 is 33.7.